The van der Waals surface area contributed by atoms with Crippen molar-refractivity contribution in [2.24, 2.45) is 0 Å². The van der Waals surface area contributed by atoms with Gasteiger partial charge in [-0.25, -0.2) is 4.79 Å². The van der Waals surface area contributed by atoms with E-state index in [4.69, 9.17) is 9.84 Å². The van der Waals surface area contributed by atoms with Gasteiger partial charge in [0, 0.05) is 11.6 Å². The predicted octanol–water partition coefficient (Wildman–Crippen LogP) is 2.41. The largest absolute Gasteiger partial charge is 0.496 e. The molecule has 3 heteroatoms. The number of methoxy groups -OCH3 is 1. The Labute approximate surface area is 89.0 Å². The van der Waals surface area contributed by atoms with E-state index in [1.54, 1.807) is 7.11 Å². The first kappa shape index (κ1) is 11.3. The first-order chi connectivity index (χ1) is 7.06. The van der Waals surface area contributed by atoms with Crippen molar-refractivity contribution in [2.45, 2.75) is 13.8 Å². The molecule has 0 aliphatic carbocycles. The SMILES string of the molecule is COc1c(/C=C/C(=O)O)ccc(C)c1C. The Hall–Kier alpha value is -1.77. The Kier molecular flexibility index (Phi) is 3.50. The molecule has 0 unspecified atom stereocenters. The smallest absolute Gasteiger partial charge is 0.328 e. The highest BCUT2D eigenvalue weighted by molar-refractivity contribution is 5.86. The molecule has 0 atom stereocenters. The molecule has 0 heterocycles. The topological polar surface area (TPSA) is 46.5 Å². The maximum Gasteiger partial charge on any atom is 0.328 e. The van der Waals surface area contributed by atoms with Crippen LogP contribution in [0.3, 0.4) is 0 Å². The van der Waals surface area contributed by atoms with Gasteiger partial charge >= 0.3 is 5.97 Å². The molecule has 0 aromatic heterocycles. The Bertz CT molecular complexity index is 406. The molecule has 0 fully saturated rings. The molecule has 1 N–H and O–H groups in total. The molecular weight excluding hydrogens is 192 g/mol. The van der Waals surface area contributed by atoms with Gasteiger partial charge in [-0.1, -0.05) is 12.1 Å². The number of rotatable bonds is 3. The standard InChI is InChI=1S/C12H14O3/c1-8-4-5-10(6-7-11(13)14)12(15-3)9(8)2/h4-7H,1-3H3,(H,13,14)/b7-6+. The van der Waals surface area contributed by atoms with Crippen molar-refractivity contribution in [1.82, 2.24) is 0 Å². The Morgan fingerprint density at radius 1 is 1.40 bits per heavy atom. The molecule has 1 aromatic carbocycles. The summed E-state index contributed by atoms with van der Waals surface area (Å²) in [5, 5.41) is 8.53. The van der Waals surface area contributed by atoms with E-state index in [9.17, 15) is 4.79 Å². The molecule has 0 spiro atoms. The number of carboxylic acids is 1. The lowest BCUT2D eigenvalue weighted by Crippen LogP contribution is -1.94. The fourth-order valence-electron chi connectivity index (χ4n) is 1.37. The number of hydrogen-bond acceptors (Lipinski definition) is 2. The van der Waals surface area contributed by atoms with Gasteiger partial charge in [-0.15, -0.1) is 0 Å². The highest BCUT2D eigenvalue weighted by atomic mass is 16.5. The Morgan fingerprint density at radius 2 is 2.07 bits per heavy atom. The molecule has 3 nitrogen and oxygen atoms in total. The second-order valence-electron chi connectivity index (χ2n) is 3.30. The summed E-state index contributed by atoms with van der Waals surface area (Å²) >= 11 is 0. The molecule has 0 bridgehead atoms. The van der Waals surface area contributed by atoms with Crippen LogP contribution in [0.4, 0.5) is 0 Å². The van der Waals surface area contributed by atoms with E-state index in [-0.39, 0.29) is 0 Å². The molecule has 0 saturated heterocycles. The Balaban J connectivity index is 3.19. The van der Waals surface area contributed by atoms with E-state index in [1.165, 1.54) is 6.08 Å². The molecule has 0 amide bonds. The maximum atomic E-state index is 10.4. The van der Waals surface area contributed by atoms with Crippen molar-refractivity contribution in [3.05, 3.63) is 34.9 Å². The minimum atomic E-state index is -0.963. The van der Waals surface area contributed by atoms with E-state index in [1.807, 2.05) is 26.0 Å². The quantitative estimate of drug-likeness (QED) is 0.772. The minimum Gasteiger partial charge on any atom is -0.496 e. The van der Waals surface area contributed by atoms with Gasteiger partial charge in [0.25, 0.3) is 0 Å². The van der Waals surface area contributed by atoms with Gasteiger partial charge in [-0.2, -0.15) is 0 Å². The van der Waals surface area contributed by atoms with Gasteiger partial charge in [0.1, 0.15) is 5.75 Å². The number of aryl methyl sites for hydroxylation is 1. The summed E-state index contributed by atoms with van der Waals surface area (Å²) in [5.41, 5.74) is 2.94. The maximum absolute atomic E-state index is 10.4. The third-order valence-corrected chi connectivity index (χ3v) is 2.32. The number of aliphatic carboxylic acids is 1. The third kappa shape index (κ3) is 2.59. The number of carboxylic acid groups (broad SMARTS) is 1. The van der Waals surface area contributed by atoms with Gasteiger partial charge in [-0.05, 0) is 31.1 Å². The minimum absolute atomic E-state index is 0.729. The molecule has 0 saturated carbocycles. The summed E-state index contributed by atoms with van der Waals surface area (Å²) < 4.78 is 5.25. The summed E-state index contributed by atoms with van der Waals surface area (Å²) in [7, 11) is 1.58. The fraction of sp³-hybridized carbons (Fsp3) is 0.250. The Morgan fingerprint density at radius 3 is 2.60 bits per heavy atom. The predicted molar refractivity (Wildman–Crippen MR) is 59.1 cm³/mol. The summed E-state index contributed by atoms with van der Waals surface area (Å²) in [6.07, 6.45) is 2.64. The van der Waals surface area contributed by atoms with Crippen molar-refractivity contribution in [2.75, 3.05) is 7.11 Å². The van der Waals surface area contributed by atoms with E-state index in [2.05, 4.69) is 0 Å². The zero-order valence-electron chi connectivity index (χ0n) is 9.07. The fourth-order valence-corrected chi connectivity index (χ4v) is 1.37. The van der Waals surface area contributed by atoms with Crippen LogP contribution in [-0.4, -0.2) is 18.2 Å². The zero-order valence-corrected chi connectivity index (χ0v) is 9.07. The van der Waals surface area contributed by atoms with Gasteiger partial charge in [-0.3, -0.25) is 0 Å². The summed E-state index contributed by atoms with van der Waals surface area (Å²) in [6.45, 7) is 3.94. The average Bonchev–Trinajstić information content (AvgIpc) is 2.19. The van der Waals surface area contributed by atoms with Crippen molar-refractivity contribution < 1.29 is 14.6 Å². The lowest BCUT2D eigenvalue weighted by molar-refractivity contribution is -0.131. The van der Waals surface area contributed by atoms with Crippen LogP contribution in [0.5, 0.6) is 5.75 Å². The monoisotopic (exact) mass is 206 g/mol. The normalized spacial score (nSPS) is 10.6. The lowest BCUT2D eigenvalue weighted by Gasteiger charge is -2.10. The third-order valence-electron chi connectivity index (χ3n) is 2.32. The van der Waals surface area contributed by atoms with Crippen LogP contribution >= 0.6 is 0 Å². The second kappa shape index (κ2) is 4.64. The van der Waals surface area contributed by atoms with E-state index in [0.29, 0.717) is 0 Å². The van der Waals surface area contributed by atoms with Crippen molar-refractivity contribution >= 4 is 12.0 Å². The molecule has 15 heavy (non-hydrogen) atoms. The number of ether oxygens (including phenoxy) is 1. The van der Waals surface area contributed by atoms with Crippen LogP contribution in [0.15, 0.2) is 18.2 Å². The first-order valence-electron chi connectivity index (χ1n) is 4.61. The number of benzene rings is 1. The summed E-state index contributed by atoms with van der Waals surface area (Å²) in [5.74, 6) is -0.234. The van der Waals surface area contributed by atoms with Crippen molar-refractivity contribution in [3.63, 3.8) is 0 Å². The molecule has 0 aliphatic heterocycles. The highest BCUT2D eigenvalue weighted by Crippen LogP contribution is 2.26. The van der Waals surface area contributed by atoms with Crippen LogP contribution < -0.4 is 4.74 Å². The first-order valence-corrected chi connectivity index (χ1v) is 4.61. The molecule has 0 radical (unpaired) electrons. The van der Waals surface area contributed by atoms with Crippen LogP contribution in [-0.2, 0) is 4.79 Å². The van der Waals surface area contributed by atoms with Gasteiger partial charge in [0.2, 0.25) is 0 Å². The van der Waals surface area contributed by atoms with Crippen LogP contribution in [0, 0.1) is 13.8 Å². The van der Waals surface area contributed by atoms with Crippen molar-refractivity contribution in [3.8, 4) is 5.75 Å². The van der Waals surface area contributed by atoms with Gasteiger partial charge in [0.15, 0.2) is 0 Å². The van der Waals surface area contributed by atoms with Gasteiger partial charge in [0.05, 0.1) is 7.11 Å². The van der Waals surface area contributed by atoms with Crippen LogP contribution in [0.25, 0.3) is 6.08 Å². The molecule has 0 aliphatic rings. The second-order valence-corrected chi connectivity index (χ2v) is 3.30. The van der Waals surface area contributed by atoms with Gasteiger partial charge < -0.3 is 9.84 Å². The molecular formula is C12H14O3. The summed E-state index contributed by atoms with van der Waals surface area (Å²) in [4.78, 5) is 10.4. The van der Waals surface area contributed by atoms with E-state index in [0.717, 1.165) is 28.5 Å². The molecule has 1 rings (SSSR count). The van der Waals surface area contributed by atoms with E-state index < -0.39 is 5.97 Å². The number of hydrogen-bond donors (Lipinski definition) is 1. The average molecular weight is 206 g/mol. The number of carbonyl (C=O) groups is 1. The highest BCUT2D eigenvalue weighted by Gasteiger charge is 2.05. The molecule has 1 aromatic rings. The molecule has 80 valence electrons. The van der Waals surface area contributed by atoms with Crippen LogP contribution in [0.1, 0.15) is 16.7 Å². The van der Waals surface area contributed by atoms with Crippen LogP contribution in [0.2, 0.25) is 0 Å². The lowest BCUT2D eigenvalue weighted by atomic mass is 10.0. The zero-order chi connectivity index (χ0) is 11.4. The summed E-state index contributed by atoms with van der Waals surface area (Å²) in [6, 6.07) is 3.79. The van der Waals surface area contributed by atoms with E-state index >= 15 is 0 Å². The van der Waals surface area contributed by atoms with Crippen molar-refractivity contribution in [1.29, 1.82) is 0 Å².